The maximum Gasteiger partial charge on any atom is 0.243 e. The molecule has 2 N–H and O–H groups in total. The van der Waals surface area contributed by atoms with Crippen molar-refractivity contribution in [1.29, 1.82) is 0 Å². The zero-order valence-corrected chi connectivity index (χ0v) is 14.7. The van der Waals surface area contributed by atoms with Gasteiger partial charge in [0.2, 0.25) is 10.0 Å². The lowest BCUT2D eigenvalue weighted by molar-refractivity contribution is 0.182. The van der Waals surface area contributed by atoms with Gasteiger partial charge in [-0.3, -0.25) is 0 Å². The van der Waals surface area contributed by atoms with E-state index in [9.17, 15) is 17.9 Å². The SMILES string of the molecule is O=S(=O)(NCC(O)c1ccc(-c2ccsc2)cc1)c1ccccc1F. The molecule has 4 nitrogen and oxygen atoms in total. The van der Waals surface area contributed by atoms with E-state index in [4.69, 9.17) is 0 Å². The van der Waals surface area contributed by atoms with Crippen molar-refractivity contribution in [3.8, 4) is 11.1 Å². The van der Waals surface area contributed by atoms with Crippen LogP contribution < -0.4 is 4.72 Å². The molecule has 0 amide bonds. The van der Waals surface area contributed by atoms with E-state index >= 15 is 0 Å². The fourth-order valence-corrected chi connectivity index (χ4v) is 4.15. The third-order valence-corrected chi connectivity index (χ3v) is 5.88. The minimum absolute atomic E-state index is 0.242. The van der Waals surface area contributed by atoms with Crippen LogP contribution in [0.1, 0.15) is 11.7 Å². The van der Waals surface area contributed by atoms with E-state index in [2.05, 4.69) is 4.72 Å². The molecule has 1 unspecified atom stereocenters. The Morgan fingerprint density at radius 3 is 2.40 bits per heavy atom. The van der Waals surface area contributed by atoms with Crippen molar-refractivity contribution in [2.24, 2.45) is 0 Å². The summed E-state index contributed by atoms with van der Waals surface area (Å²) in [6, 6.07) is 14.3. The highest BCUT2D eigenvalue weighted by molar-refractivity contribution is 7.89. The highest BCUT2D eigenvalue weighted by Crippen LogP contribution is 2.24. The van der Waals surface area contributed by atoms with Crippen LogP contribution in [0.25, 0.3) is 11.1 Å². The zero-order valence-electron chi connectivity index (χ0n) is 13.1. The molecule has 0 saturated carbocycles. The van der Waals surface area contributed by atoms with Crippen molar-refractivity contribution in [1.82, 2.24) is 4.72 Å². The Bertz CT molecular complexity index is 939. The molecule has 0 spiro atoms. The molecule has 2 aromatic carbocycles. The van der Waals surface area contributed by atoms with Crippen LogP contribution in [0.2, 0.25) is 0 Å². The minimum Gasteiger partial charge on any atom is -0.387 e. The van der Waals surface area contributed by atoms with Crippen LogP contribution in [0.4, 0.5) is 4.39 Å². The molecule has 1 aromatic heterocycles. The van der Waals surface area contributed by atoms with E-state index in [1.807, 2.05) is 29.0 Å². The van der Waals surface area contributed by atoms with Gasteiger partial charge >= 0.3 is 0 Å². The highest BCUT2D eigenvalue weighted by atomic mass is 32.2. The van der Waals surface area contributed by atoms with E-state index in [-0.39, 0.29) is 6.54 Å². The number of aliphatic hydroxyl groups excluding tert-OH is 1. The lowest BCUT2D eigenvalue weighted by atomic mass is 10.0. The summed E-state index contributed by atoms with van der Waals surface area (Å²) in [6.45, 7) is -0.242. The minimum atomic E-state index is -4.02. The van der Waals surface area contributed by atoms with Crippen LogP contribution in [-0.2, 0) is 10.0 Å². The number of sulfonamides is 1. The standard InChI is InChI=1S/C18H16FNO3S2/c19-16-3-1-2-4-18(16)25(22,23)20-11-17(21)14-7-5-13(6-8-14)15-9-10-24-12-15/h1-10,12,17,20-21H,11H2. The zero-order chi connectivity index (χ0) is 17.9. The second-order valence-electron chi connectivity index (χ2n) is 5.43. The van der Waals surface area contributed by atoms with Gasteiger partial charge in [0.25, 0.3) is 0 Å². The van der Waals surface area contributed by atoms with E-state index < -0.39 is 26.8 Å². The fourth-order valence-electron chi connectivity index (χ4n) is 2.37. The summed E-state index contributed by atoms with van der Waals surface area (Å²) in [5, 5.41) is 14.2. The van der Waals surface area contributed by atoms with E-state index in [0.717, 1.165) is 17.2 Å². The molecule has 0 saturated heterocycles. The first-order valence-electron chi connectivity index (χ1n) is 7.52. The molecular formula is C18H16FNO3S2. The largest absolute Gasteiger partial charge is 0.387 e. The summed E-state index contributed by atoms with van der Waals surface area (Å²) >= 11 is 1.60. The number of benzene rings is 2. The van der Waals surface area contributed by atoms with Crippen molar-refractivity contribution >= 4 is 21.4 Å². The van der Waals surface area contributed by atoms with Gasteiger partial charge in [0.05, 0.1) is 6.10 Å². The van der Waals surface area contributed by atoms with E-state index in [1.54, 1.807) is 23.5 Å². The molecule has 0 fully saturated rings. The van der Waals surface area contributed by atoms with Crippen LogP contribution >= 0.6 is 11.3 Å². The monoisotopic (exact) mass is 377 g/mol. The van der Waals surface area contributed by atoms with Crippen molar-refractivity contribution in [3.63, 3.8) is 0 Å². The topological polar surface area (TPSA) is 66.4 Å². The summed E-state index contributed by atoms with van der Waals surface area (Å²) in [6.07, 6.45) is -1.03. The van der Waals surface area contributed by atoms with Crippen LogP contribution in [0.5, 0.6) is 0 Å². The molecule has 7 heteroatoms. The lowest BCUT2D eigenvalue weighted by Crippen LogP contribution is -2.29. The van der Waals surface area contributed by atoms with Gasteiger partial charge in [-0.15, -0.1) is 0 Å². The molecule has 1 atom stereocenters. The molecule has 0 aliphatic rings. The van der Waals surface area contributed by atoms with Gasteiger partial charge in [0, 0.05) is 6.54 Å². The molecule has 0 radical (unpaired) electrons. The molecule has 3 aromatic rings. The molecule has 1 heterocycles. The predicted molar refractivity (Wildman–Crippen MR) is 96.3 cm³/mol. The van der Waals surface area contributed by atoms with Crippen LogP contribution in [0.3, 0.4) is 0 Å². The summed E-state index contributed by atoms with van der Waals surface area (Å²) < 4.78 is 40.1. The van der Waals surface area contributed by atoms with Gasteiger partial charge in [0.15, 0.2) is 0 Å². The van der Waals surface area contributed by atoms with Gasteiger partial charge in [-0.1, -0.05) is 36.4 Å². The number of thiophene rings is 1. The van der Waals surface area contributed by atoms with Gasteiger partial charge in [-0.05, 0) is 45.6 Å². The summed E-state index contributed by atoms with van der Waals surface area (Å²) in [7, 11) is -4.02. The molecule has 25 heavy (non-hydrogen) atoms. The summed E-state index contributed by atoms with van der Waals surface area (Å²) in [5.74, 6) is -0.829. The van der Waals surface area contributed by atoms with Crippen LogP contribution in [0, 0.1) is 5.82 Å². The van der Waals surface area contributed by atoms with Crippen molar-refractivity contribution in [3.05, 3.63) is 76.7 Å². The van der Waals surface area contributed by atoms with Gasteiger partial charge in [-0.2, -0.15) is 11.3 Å². The normalized spacial score (nSPS) is 12.9. The molecular weight excluding hydrogens is 361 g/mol. The van der Waals surface area contributed by atoms with E-state index in [0.29, 0.717) is 5.56 Å². The average Bonchev–Trinajstić information content (AvgIpc) is 3.15. The Hall–Kier alpha value is -2.06. The maximum atomic E-state index is 13.6. The second-order valence-corrected chi connectivity index (χ2v) is 7.95. The Kier molecular flexibility index (Phi) is 5.29. The predicted octanol–water partition coefficient (Wildman–Crippen LogP) is 3.57. The summed E-state index contributed by atoms with van der Waals surface area (Å²) in [4.78, 5) is -0.435. The van der Waals surface area contributed by atoms with Crippen LogP contribution in [-0.4, -0.2) is 20.1 Å². The molecule has 0 aliphatic carbocycles. The number of hydrogen-bond acceptors (Lipinski definition) is 4. The number of aliphatic hydroxyl groups is 1. The quantitative estimate of drug-likeness (QED) is 0.690. The van der Waals surface area contributed by atoms with Gasteiger partial charge in [-0.25, -0.2) is 17.5 Å². The number of nitrogens with one attached hydrogen (secondary N) is 1. The van der Waals surface area contributed by atoms with Crippen LogP contribution in [0.15, 0.2) is 70.3 Å². The average molecular weight is 377 g/mol. The Morgan fingerprint density at radius 1 is 1.04 bits per heavy atom. The van der Waals surface area contributed by atoms with Crippen molar-refractivity contribution < 1.29 is 17.9 Å². The summed E-state index contributed by atoms with van der Waals surface area (Å²) in [5.41, 5.74) is 2.69. The lowest BCUT2D eigenvalue weighted by Gasteiger charge is -2.13. The Morgan fingerprint density at radius 2 is 1.76 bits per heavy atom. The number of rotatable bonds is 6. The fraction of sp³-hybridized carbons (Fsp3) is 0.111. The van der Waals surface area contributed by atoms with Crippen molar-refractivity contribution in [2.45, 2.75) is 11.0 Å². The first-order valence-corrected chi connectivity index (χ1v) is 9.95. The Balaban J connectivity index is 1.68. The molecule has 0 bridgehead atoms. The molecule has 0 aliphatic heterocycles. The molecule has 130 valence electrons. The van der Waals surface area contributed by atoms with Crippen molar-refractivity contribution in [2.75, 3.05) is 6.54 Å². The first-order chi connectivity index (χ1) is 12.0. The maximum absolute atomic E-state index is 13.6. The highest BCUT2D eigenvalue weighted by Gasteiger charge is 2.20. The third-order valence-electron chi connectivity index (χ3n) is 3.74. The number of hydrogen-bond donors (Lipinski definition) is 2. The van der Waals surface area contributed by atoms with Gasteiger partial charge in [0.1, 0.15) is 10.7 Å². The smallest absolute Gasteiger partial charge is 0.243 e. The first kappa shape index (κ1) is 17.8. The number of halogens is 1. The van der Waals surface area contributed by atoms with Gasteiger partial charge < -0.3 is 5.11 Å². The molecule has 3 rings (SSSR count). The van der Waals surface area contributed by atoms with E-state index in [1.165, 1.54) is 18.2 Å². The Labute approximate surface area is 149 Å². The second kappa shape index (κ2) is 7.45. The third kappa shape index (κ3) is 4.13.